The molecular formula is C14H15BrFNS. The predicted molar refractivity (Wildman–Crippen MR) is 78.4 cm³/mol. The zero-order valence-electron chi connectivity index (χ0n) is 10.3. The van der Waals surface area contributed by atoms with Crippen molar-refractivity contribution in [1.29, 1.82) is 0 Å². The van der Waals surface area contributed by atoms with Gasteiger partial charge in [0.25, 0.3) is 0 Å². The normalized spacial score (nSPS) is 14.4. The fraction of sp³-hybridized carbons (Fsp3) is 0.286. The molecule has 1 unspecified atom stereocenters. The lowest BCUT2D eigenvalue weighted by atomic mass is 10.1. The second-order valence-electron chi connectivity index (χ2n) is 4.29. The number of nitrogens with one attached hydrogen (secondary N) is 1. The lowest BCUT2D eigenvalue weighted by molar-refractivity contribution is 0.478. The van der Waals surface area contributed by atoms with Gasteiger partial charge >= 0.3 is 0 Å². The minimum absolute atomic E-state index is 0.0281. The topological polar surface area (TPSA) is 12.0 Å². The Hall–Kier alpha value is -0.710. The Morgan fingerprint density at radius 1 is 1.22 bits per heavy atom. The molecule has 0 saturated heterocycles. The van der Waals surface area contributed by atoms with Gasteiger partial charge in [-0.15, -0.1) is 11.3 Å². The van der Waals surface area contributed by atoms with Gasteiger partial charge in [-0.1, -0.05) is 22.0 Å². The van der Waals surface area contributed by atoms with Crippen LogP contribution in [0.4, 0.5) is 4.39 Å². The Morgan fingerprint density at radius 3 is 2.67 bits per heavy atom. The van der Waals surface area contributed by atoms with E-state index in [4.69, 9.17) is 0 Å². The molecule has 0 bridgehead atoms. The van der Waals surface area contributed by atoms with E-state index in [1.807, 2.05) is 19.1 Å². The van der Waals surface area contributed by atoms with Gasteiger partial charge in [-0.25, -0.2) is 4.39 Å². The molecule has 0 aliphatic heterocycles. The Morgan fingerprint density at radius 2 is 2.00 bits per heavy atom. The second kappa shape index (κ2) is 5.95. The Kier molecular flexibility index (Phi) is 4.54. The predicted octanol–water partition coefficient (Wildman–Crippen LogP) is 5.06. The average Bonchev–Trinajstić information content (AvgIpc) is 2.85. The van der Waals surface area contributed by atoms with Gasteiger partial charge in [0, 0.05) is 27.0 Å². The van der Waals surface area contributed by atoms with Gasteiger partial charge in [-0.2, -0.15) is 0 Å². The van der Waals surface area contributed by atoms with E-state index in [9.17, 15) is 4.39 Å². The maximum atomic E-state index is 13.8. The molecule has 1 aromatic heterocycles. The molecule has 2 atom stereocenters. The van der Waals surface area contributed by atoms with E-state index in [0.29, 0.717) is 5.56 Å². The lowest BCUT2D eigenvalue weighted by Crippen LogP contribution is -2.22. The first-order valence-corrected chi connectivity index (χ1v) is 7.49. The number of thiophene rings is 1. The van der Waals surface area contributed by atoms with E-state index in [2.05, 4.69) is 39.6 Å². The fourth-order valence-electron chi connectivity index (χ4n) is 1.93. The van der Waals surface area contributed by atoms with Crippen molar-refractivity contribution in [2.75, 3.05) is 0 Å². The Balaban J connectivity index is 2.12. The molecule has 0 amide bonds. The van der Waals surface area contributed by atoms with Crippen LogP contribution in [0.3, 0.4) is 0 Å². The highest BCUT2D eigenvalue weighted by Gasteiger charge is 2.15. The van der Waals surface area contributed by atoms with Gasteiger partial charge in [0.2, 0.25) is 0 Å². The molecule has 1 aromatic carbocycles. The molecule has 96 valence electrons. The first-order valence-electron chi connectivity index (χ1n) is 5.82. The summed E-state index contributed by atoms with van der Waals surface area (Å²) >= 11 is 5.09. The van der Waals surface area contributed by atoms with E-state index >= 15 is 0 Å². The van der Waals surface area contributed by atoms with Crippen molar-refractivity contribution in [2.45, 2.75) is 25.9 Å². The van der Waals surface area contributed by atoms with Gasteiger partial charge in [-0.3, -0.25) is 0 Å². The molecule has 0 spiro atoms. The van der Waals surface area contributed by atoms with Crippen molar-refractivity contribution >= 4 is 27.3 Å². The first kappa shape index (κ1) is 13.7. The van der Waals surface area contributed by atoms with E-state index in [0.717, 1.165) is 4.47 Å². The highest BCUT2D eigenvalue weighted by atomic mass is 79.9. The molecule has 0 radical (unpaired) electrons. The minimum atomic E-state index is -0.170. The van der Waals surface area contributed by atoms with Crippen LogP contribution in [0, 0.1) is 5.82 Å². The van der Waals surface area contributed by atoms with Crippen LogP contribution in [0.1, 0.15) is 36.4 Å². The summed E-state index contributed by atoms with van der Waals surface area (Å²) in [6.07, 6.45) is 0. The molecule has 4 heteroatoms. The van der Waals surface area contributed by atoms with E-state index < -0.39 is 0 Å². The molecule has 1 heterocycles. The molecule has 2 rings (SSSR count). The van der Waals surface area contributed by atoms with E-state index in [1.54, 1.807) is 17.4 Å². The number of hydrogen-bond acceptors (Lipinski definition) is 2. The molecule has 0 fully saturated rings. The summed E-state index contributed by atoms with van der Waals surface area (Å²) in [5, 5.41) is 5.47. The van der Waals surface area contributed by atoms with Crippen molar-refractivity contribution in [2.24, 2.45) is 0 Å². The van der Waals surface area contributed by atoms with Crippen LogP contribution in [0.15, 0.2) is 40.2 Å². The van der Waals surface area contributed by atoms with Crippen molar-refractivity contribution in [3.05, 3.63) is 56.4 Å². The van der Waals surface area contributed by atoms with E-state index in [1.165, 1.54) is 10.9 Å². The highest BCUT2D eigenvalue weighted by molar-refractivity contribution is 9.10. The van der Waals surface area contributed by atoms with Gasteiger partial charge < -0.3 is 5.32 Å². The van der Waals surface area contributed by atoms with Crippen LogP contribution in [0.2, 0.25) is 0 Å². The molecule has 0 aliphatic rings. The minimum Gasteiger partial charge on any atom is -0.303 e. The van der Waals surface area contributed by atoms with Crippen molar-refractivity contribution < 1.29 is 4.39 Å². The van der Waals surface area contributed by atoms with Crippen molar-refractivity contribution in [3.8, 4) is 0 Å². The van der Waals surface area contributed by atoms with Crippen LogP contribution >= 0.6 is 27.3 Å². The maximum absolute atomic E-state index is 13.8. The second-order valence-corrected chi connectivity index (χ2v) is 6.19. The van der Waals surface area contributed by atoms with Crippen LogP contribution in [-0.2, 0) is 0 Å². The van der Waals surface area contributed by atoms with Gasteiger partial charge in [-0.05, 0) is 43.5 Å². The maximum Gasteiger partial charge on any atom is 0.128 e. The number of rotatable bonds is 4. The van der Waals surface area contributed by atoms with Crippen LogP contribution in [-0.4, -0.2) is 0 Å². The molecule has 2 aromatic rings. The third kappa shape index (κ3) is 3.19. The monoisotopic (exact) mass is 327 g/mol. The summed E-state index contributed by atoms with van der Waals surface area (Å²) in [7, 11) is 0. The van der Waals surface area contributed by atoms with Crippen LogP contribution in [0.5, 0.6) is 0 Å². The zero-order valence-corrected chi connectivity index (χ0v) is 12.7. The quantitative estimate of drug-likeness (QED) is 0.827. The number of hydrogen-bond donors (Lipinski definition) is 1. The van der Waals surface area contributed by atoms with Gasteiger partial charge in [0.1, 0.15) is 5.82 Å². The highest BCUT2D eigenvalue weighted by Crippen LogP contribution is 2.25. The average molecular weight is 328 g/mol. The number of benzene rings is 1. The number of halogens is 2. The fourth-order valence-corrected chi connectivity index (χ4v) is 3.05. The SMILES string of the molecule is CC(N[C@@H](C)c1cccs1)c1cc(Br)ccc1F. The summed E-state index contributed by atoms with van der Waals surface area (Å²) < 4.78 is 14.7. The lowest BCUT2D eigenvalue weighted by Gasteiger charge is -2.20. The Labute approximate surface area is 119 Å². The van der Waals surface area contributed by atoms with Crippen molar-refractivity contribution in [1.82, 2.24) is 5.32 Å². The molecular weight excluding hydrogens is 313 g/mol. The molecule has 0 saturated carbocycles. The van der Waals surface area contributed by atoms with Crippen LogP contribution < -0.4 is 5.32 Å². The zero-order chi connectivity index (χ0) is 13.1. The molecule has 18 heavy (non-hydrogen) atoms. The summed E-state index contributed by atoms with van der Waals surface area (Å²) in [4.78, 5) is 1.26. The molecule has 0 aliphatic carbocycles. The summed E-state index contributed by atoms with van der Waals surface area (Å²) in [5.41, 5.74) is 0.688. The van der Waals surface area contributed by atoms with Gasteiger partial charge in [0.05, 0.1) is 0 Å². The standard InChI is InChI=1S/C14H15BrFNS/c1-9(12-8-11(15)5-6-13(12)16)17-10(2)14-4-3-7-18-14/h3-10,17H,1-2H3/t9?,10-/m0/s1. The summed E-state index contributed by atoms with van der Waals surface area (Å²) in [6.45, 7) is 4.08. The van der Waals surface area contributed by atoms with Crippen molar-refractivity contribution in [3.63, 3.8) is 0 Å². The third-order valence-corrected chi connectivity index (χ3v) is 4.44. The van der Waals surface area contributed by atoms with Gasteiger partial charge in [0.15, 0.2) is 0 Å². The molecule has 1 nitrogen and oxygen atoms in total. The smallest absolute Gasteiger partial charge is 0.128 e. The summed E-state index contributed by atoms with van der Waals surface area (Å²) in [5.74, 6) is -0.170. The van der Waals surface area contributed by atoms with E-state index in [-0.39, 0.29) is 17.9 Å². The third-order valence-electron chi connectivity index (χ3n) is 2.89. The largest absolute Gasteiger partial charge is 0.303 e. The summed E-state index contributed by atoms with van der Waals surface area (Å²) in [6, 6.07) is 9.35. The first-order chi connectivity index (χ1) is 8.58. The molecule has 1 N–H and O–H groups in total. The Bertz CT molecular complexity index is 513. The van der Waals surface area contributed by atoms with Crippen LogP contribution in [0.25, 0.3) is 0 Å².